The molecule has 78 valence electrons. The largest absolute Gasteiger partial charge is 0.290 e. The smallest absolute Gasteiger partial charge is 0.178 e. The van der Waals surface area contributed by atoms with E-state index in [1.54, 1.807) is 20.8 Å². The summed E-state index contributed by atoms with van der Waals surface area (Å²) in [5.74, 6) is -0.241. The third-order valence-electron chi connectivity index (χ3n) is 1.10. The summed E-state index contributed by atoms with van der Waals surface area (Å²) in [5, 5.41) is 7.90. The van der Waals surface area contributed by atoms with Crippen LogP contribution in [-0.4, -0.2) is 22.4 Å². The summed E-state index contributed by atoms with van der Waals surface area (Å²) in [4.78, 5) is 24.5. The molecule has 0 radical (unpaired) electrons. The molecule has 0 amide bonds. The van der Waals surface area contributed by atoms with E-state index >= 15 is 0 Å². The van der Waals surface area contributed by atoms with Gasteiger partial charge in [-0.2, -0.15) is 0 Å². The molecule has 0 heterocycles. The summed E-state index contributed by atoms with van der Waals surface area (Å²) < 4.78 is 0. The molecule has 14 heavy (non-hydrogen) atoms. The number of hydrogen-bond donors (Lipinski definition) is 1. The number of carbonyl (C=O) groups is 2. The Labute approximate surface area is 82.8 Å². The van der Waals surface area contributed by atoms with E-state index < -0.39 is 5.60 Å². The van der Waals surface area contributed by atoms with E-state index in [1.165, 1.54) is 24.3 Å². The van der Waals surface area contributed by atoms with E-state index in [1.807, 2.05) is 0 Å². The predicted molar refractivity (Wildman–Crippen MR) is 51.8 cm³/mol. The molecule has 4 heteroatoms. The normalized spacial score (nSPS) is 15.1. The molecule has 1 N–H and O–H groups in total. The molecule has 0 fully saturated rings. The third kappa shape index (κ3) is 7.39. The molecule has 0 aliphatic heterocycles. The van der Waals surface area contributed by atoms with Gasteiger partial charge >= 0.3 is 0 Å². The first-order chi connectivity index (χ1) is 6.35. The topological polar surface area (TPSA) is 63.6 Å². The quantitative estimate of drug-likeness (QED) is 0.364. The minimum Gasteiger partial charge on any atom is -0.290 e. The Kier molecular flexibility index (Phi) is 4.97. The van der Waals surface area contributed by atoms with Crippen LogP contribution in [0.2, 0.25) is 0 Å². The van der Waals surface area contributed by atoms with Gasteiger partial charge in [-0.25, -0.2) is 4.89 Å². The molecule has 0 saturated carbocycles. The van der Waals surface area contributed by atoms with Crippen molar-refractivity contribution in [3.8, 4) is 0 Å². The van der Waals surface area contributed by atoms with E-state index in [9.17, 15) is 9.59 Å². The van der Waals surface area contributed by atoms with Crippen LogP contribution < -0.4 is 0 Å². The molecule has 4 nitrogen and oxygen atoms in total. The predicted octanol–water partition coefficient (Wildman–Crippen LogP) is 1.53. The molecule has 0 atom stereocenters. The summed E-state index contributed by atoms with van der Waals surface area (Å²) in [6.45, 7) is 5.31. The van der Waals surface area contributed by atoms with Crippen molar-refractivity contribution in [1.29, 1.82) is 0 Å². The molecular formula is C10H14O4. The van der Waals surface area contributed by atoms with Crippen LogP contribution in [0.15, 0.2) is 24.3 Å². The fraction of sp³-hybridized carbons (Fsp3) is 0.400. The molecule has 0 aromatic rings. The Balaban J connectivity index is 0.000000255. The molecule has 1 rings (SSSR count). The SMILES string of the molecule is CC(C)(C)OO.O=C1C=CC(=O)C=C1. The second-order valence-corrected chi connectivity index (χ2v) is 3.68. The molecule has 0 aromatic carbocycles. The minimum absolute atomic E-state index is 0.121. The van der Waals surface area contributed by atoms with Crippen LogP contribution >= 0.6 is 0 Å². The lowest BCUT2D eigenvalue weighted by atomic mass is 10.2. The molecule has 1 aliphatic carbocycles. The van der Waals surface area contributed by atoms with Crippen LogP contribution in [0.4, 0.5) is 0 Å². The maximum atomic E-state index is 10.3. The van der Waals surface area contributed by atoms with Crippen LogP contribution in [0.5, 0.6) is 0 Å². The van der Waals surface area contributed by atoms with Crippen LogP contribution in [0, 0.1) is 0 Å². The average molecular weight is 198 g/mol. The van der Waals surface area contributed by atoms with Crippen LogP contribution in [-0.2, 0) is 14.5 Å². The first-order valence-electron chi connectivity index (χ1n) is 4.12. The second kappa shape index (κ2) is 5.47. The maximum Gasteiger partial charge on any atom is 0.178 e. The summed E-state index contributed by atoms with van der Waals surface area (Å²) in [7, 11) is 0. The Bertz CT molecular complexity index is 230. The number of carbonyl (C=O) groups excluding carboxylic acids is 2. The van der Waals surface area contributed by atoms with E-state index in [2.05, 4.69) is 4.89 Å². The van der Waals surface area contributed by atoms with Gasteiger partial charge in [0.15, 0.2) is 11.6 Å². The summed E-state index contributed by atoms with van der Waals surface area (Å²) in [5.41, 5.74) is -0.403. The average Bonchev–Trinajstić information content (AvgIpc) is 2.10. The Morgan fingerprint density at radius 1 is 1.00 bits per heavy atom. The van der Waals surface area contributed by atoms with Crippen LogP contribution in [0.3, 0.4) is 0 Å². The second-order valence-electron chi connectivity index (χ2n) is 3.68. The lowest BCUT2D eigenvalue weighted by Crippen LogP contribution is -2.15. The standard InChI is InChI=1S/C6H4O2.C4H10O2/c7-5-1-2-6(8)4-3-5;1-4(2,3)6-5/h1-4H;5H,1-3H3. The minimum atomic E-state index is -0.403. The Morgan fingerprint density at radius 3 is 1.36 bits per heavy atom. The van der Waals surface area contributed by atoms with Crippen LogP contribution in [0.1, 0.15) is 20.8 Å². The highest BCUT2D eigenvalue weighted by molar-refractivity contribution is 6.14. The molecule has 0 bridgehead atoms. The molecule has 0 aromatic heterocycles. The lowest BCUT2D eigenvalue weighted by molar-refractivity contribution is -0.306. The van der Waals surface area contributed by atoms with Gasteiger partial charge in [-0.1, -0.05) is 0 Å². The third-order valence-corrected chi connectivity index (χ3v) is 1.10. The van der Waals surface area contributed by atoms with Crippen molar-refractivity contribution < 1.29 is 19.7 Å². The van der Waals surface area contributed by atoms with Gasteiger partial charge in [-0.05, 0) is 45.1 Å². The van der Waals surface area contributed by atoms with Gasteiger partial charge in [0.05, 0.1) is 5.60 Å². The highest BCUT2D eigenvalue weighted by Gasteiger charge is 2.07. The molecular weight excluding hydrogens is 184 g/mol. The van der Waals surface area contributed by atoms with Gasteiger partial charge in [-0.15, -0.1) is 0 Å². The van der Waals surface area contributed by atoms with Crippen molar-refractivity contribution in [2.45, 2.75) is 26.4 Å². The van der Waals surface area contributed by atoms with E-state index in [0.29, 0.717) is 0 Å². The van der Waals surface area contributed by atoms with Gasteiger partial charge < -0.3 is 0 Å². The molecule has 0 unspecified atom stereocenters. The van der Waals surface area contributed by atoms with Gasteiger partial charge in [0.25, 0.3) is 0 Å². The summed E-state index contributed by atoms with van der Waals surface area (Å²) in [6, 6.07) is 0. The number of ketones is 2. The highest BCUT2D eigenvalue weighted by atomic mass is 17.1. The lowest BCUT2D eigenvalue weighted by Gasteiger charge is -2.10. The summed E-state index contributed by atoms with van der Waals surface area (Å²) >= 11 is 0. The van der Waals surface area contributed by atoms with Gasteiger partial charge in [0.1, 0.15) is 0 Å². The van der Waals surface area contributed by atoms with Crippen molar-refractivity contribution >= 4 is 11.6 Å². The van der Waals surface area contributed by atoms with E-state index in [0.717, 1.165) is 0 Å². The Hall–Kier alpha value is -1.26. The van der Waals surface area contributed by atoms with E-state index in [4.69, 9.17) is 5.26 Å². The van der Waals surface area contributed by atoms with Gasteiger partial charge in [0.2, 0.25) is 0 Å². The zero-order chi connectivity index (χ0) is 11.2. The summed E-state index contributed by atoms with van der Waals surface area (Å²) in [6.07, 6.45) is 5.01. The van der Waals surface area contributed by atoms with Gasteiger partial charge in [-0.3, -0.25) is 14.8 Å². The Morgan fingerprint density at radius 2 is 1.21 bits per heavy atom. The first-order valence-corrected chi connectivity index (χ1v) is 4.12. The molecule has 0 saturated heterocycles. The maximum absolute atomic E-state index is 10.3. The first kappa shape index (κ1) is 12.7. The van der Waals surface area contributed by atoms with Gasteiger partial charge in [0, 0.05) is 0 Å². The number of rotatable bonds is 0. The van der Waals surface area contributed by atoms with Crippen molar-refractivity contribution in [1.82, 2.24) is 0 Å². The zero-order valence-corrected chi connectivity index (χ0v) is 8.48. The fourth-order valence-corrected chi connectivity index (χ4v) is 0.440. The van der Waals surface area contributed by atoms with Crippen molar-refractivity contribution in [3.63, 3.8) is 0 Å². The molecule has 0 spiro atoms. The van der Waals surface area contributed by atoms with Crippen molar-refractivity contribution in [3.05, 3.63) is 24.3 Å². The van der Waals surface area contributed by atoms with Crippen molar-refractivity contribution in [2.75, 3.05) is 0 Å². The highest BCUT2D eigenvalue weighted by Crippen LogP contribution is 2.01. The fourth-order valence-electron chi connectivity index (χ4n) is 0.440. The number of allylic oxidation sites excluding steroid dienone is 4. The van der Waals surface area contributed by atoms with Crippen LogP contribution in [0.25, 0.3) is 0 Å². The van der Waals surface area contributed by atoms with E-state index in [-0.39, 0.29) is 11.6 Å². The monoisotopic (exact) mass is 198 g/mol. The zero-order valence-electron chi connectivity index (χ0n) is 8.48. The van der Waals surface area contributed by atoms with Crippen molar-refractivity contribution in [2.24, 2.45) is 0 Å². The molecule has 1 aliphatic rings. The number of hydrogen-bond acceptors (Lipinski definition) is 4.